The second kappa shape index (κ2) is 9.25. The summed E-state index contributed by atoms with van der Waals surface area (Å²) in [6.07, 6.45) is 0. The Morgan fingerprint density at radius 3 is 2.31 bits per heavy atom. The van der Waals surface area contributed by atoms with Crippen molar-refractivity contribution in [1.82, 2.24) is 24.1 Å². The smallest absolute Gasteiger partial charge is 0.352 e. The van der Waals surface area contributed by atoms with Gasteiger partial charge in [0.05, 0.1) is 7.11 Å². The zero-order chi connectivity index (χ0) is 24.5. The summed E-state index contributed by atoms with van der Waals surface area (Å²) in [7, 11) is 1.65. The van der Waals surface area contributed by atoms with E-state index in [1.165, 1.54) is 9.08 Å². The number of hydrogen-bond donors (Lipinski definition) is 0. The van der Waals surface area contributed by atoms with Gasteiger partial charge < -0.3 is 14.5 Å². The molecule has 1 saturated heterocycles. The van der Waals surface area contributed by atoms with Crippen molar-refractivity contribution in [3.63, 3.8) is 0 Å². The molecule has 35 heavy (non-hydrogen) atoms. The minimum Gasteiger partial charge on any atom is -0.497 e. The van der Waals surface area contributed by atoms with Crippen LogP contribution in [0.3, 0.4) is 0 Å². The van der Waals surface area contributed by atoms with E-state index in [0.717, 1.165) is 41.3 Å². The number of piperazine rings is 1. The van der Waals surface area contributed by atoms with E-state index in [4.69, 9.17) is 4.74 Å². The van der Waals surface area contributed by atoms with Gasteiger partial charge in [0.25, 0.3) is 0 Å². The quantitative estimate of drug-likeness (QED) is 0.444. The summed E-state index contributed by atoms with van der Waals surface area (Å²) in [4.78, 5) is 34.9. The number of aromatic nitrogens is 4. The SMILES string of the molecule is COc1ccc(N2CCN(C(=O)Cn3nc4cc(C)nc(-c5ccc(C)cc5)n4c3=O)CC2)cc1. The third-order valence-corrected chi connectivity index (χ3v) is 6.36. The van der Waals surface area contributed by atoms with Crippen LogP contribution >= 0.6 is 0 Å². The third kappa shape index (κ3) is 4.49. The number of hydrogen-bond acceptors (Lipinski definition) is 6. The van der Waals surface area contributed by atoms with Crippen molar-refractivity contribution < 1.29 is 9.53 Å². The molecule has 2 aromatic carbocycles. The molecule has 0 saturated carbocycles. The van der Waals surface area contributed by atoms with Crippen molar-refractivity contribution in [1.29, 1.82) is 0 Å². The van der Waals surface area contributed by atoms with Crippen LogP contribution in [0.2, 0.25) is 0 Å². The Morgan fingerprint density at radius 2 is 1.66 bits per heavy atom. The number of methoxy groups -OCH3 is 1. The Kier molecular flexibility index (Phi) is 5.98. The summed E-state index contributed by atoms with van der Waals surface area (Å²) >= 11 is 0. The van der Waals surface area contributed by atoms with E-state index in [9.17, 15) is 9.59 Å². The van der Waals surface area contributed by atoms with E-state index >= 15 is 0 Å². The number of rotatable bonds is 5. The minimum absolute atomic E-state index is 0.102. The molecule has 0 aliphatic carbocycles. The maximum absolute atomic E-state index is 13.2. The molecule has 1 fully saturated rings. The maximum Gasteiger partial charge on any atom is 0.352 e. The van der Waals surface area contributed by atoms with Crippen LogP contribution in [0.5, 0.6) is 5.75 Å². The number of ether oxygens (including phenoxy) is 1. The van der Waals surface area contributed by atoms with Crippen molar-refractivity contribution in [2.24, 2.45) is 0 Å². The van der Waals surface area contributed by atoms with Crippen molar-refractivity contribution in [2.75, 3.05) is 38.2 Å². The van der Waals surface area contributed by atoms with Gasteiger partial charge in [-0.3, -0.25) is 4.79 Å². The number of carbonyl (C=O) groups is 1. The van der Waals surface area contributed by atoms with Gasteiger partial charge >= 0.3 is 5.69 Å². The van der Waals surface area contributed by atoms with Gasteiger partial charge in [0.1, 0.15) is 18.1 Å². The van der Waals surface area contributed by atoms with Gasteiger partial charge in [0, 0.05) is 49.2 Å². The van der Waals surface area contributed by atoms with Crippen LogP contribution in [0, 0.1) is 13.8 Å². The second-order valence-electron chi connectivity index (χ2n) is 8.79. The highest BCUT2D eigenvalue weighted by atomic mass is 16.5. The van der Waals surface area contributed by atoms with Gasteiger partial charge in [-0.05, 0) is 38.1 Å². The third-order valence-electron chi connectivity index (χ3n) is 6.36. The second-order valence-corrected chi connectivity index (χ2v) is 8.79. The van der Waals surface area contributed by atoms with Gasteiger partial charge in [0.15, 0.2) is 5.65 Å². The molecule has 1 amide bonds. The number of nitrogens with zero attached hydrogens (tertiary/aromatic N) is 6. The number of benzene rings is 2. The van der Waals surface area contributed by atoms with Crippen molar-refractivity contribution in [3.8, 4) is 17.1 Å². The molecule has 0 spiro atoms. The number of carbonyl (C=O) groups excluding carboxylic acids is 1. The van der Waals surface area contributed by atoms with Crippen molar-refractivity contribution >= 4 is 17.2 Å². The van der Waals surface area contributed by atoms with Crippen LogP contribution in [0.4, 0.5) is 5.69 Å². The topological polar surface area (TPSA) is 85.0 Å². The summed E-state index contributed by atoms with van der Waals surface area (Å²) in [6.45, 7) is 6.39. The average molecular weight is 473 g/mol. The molecule has 5 rings (SSSR count). The molecule has 3 heterocycles. The molecule has 9 nitrogen and oxygen atoms in total. The zero-order valence-corrected chi connectivity index (χ0v) is 20.1. The summed E-state index contributed by atoms with van der Waals surface area (Å²) in [5, 5.41) is 4.45. The molecule has 4 aromatic rings. The maximum atomic E-state index is 13.2. The Balaban J connectivity index is 1.33. The first kappa shape index (κ1) is 22.6. The zero-order valence-electron chi connectivity index (χ0n) is 20.1. The molecule has 0 radical (unpaired) electrons. The fraction of sp³-hybridized carbons (Fsp3) is 0.308. The van der Waals surface area contributed by atoms with Crippen molar-refractivity contribution in [2.45, 2.75) is 20.4 Å². The standard InChI is InChI=1S/C26H28N6O3/c1-18-4-6-20(7-5-18)25-27-19(2)16-23-28-31(26(34)32(23)25)17-24(33)30-14-12-29(13-15-30)21-8-10-22(35-3)11-9-21/h4-11,16H,12-15,17H2,1-3H3. The number of amides is 1. The van der Waals surface area contributed by atoms with E-state index in [1.54, 1.807) is 18.1 Å². The van der Waals surface area contributed by atoms with E-state index in [0.29, 0.717) is 24.6 Å². The highest BCUT2D eigenvalue weighted by Crippen LogP contribution is 2.21. The lowest BCUT2D eigenvalue weighted by Gasteiger charge is -2.36. The molecule has 0 bridgehead atoms. The first-order chi connectivity index (χ1) is 16.9. The predicted octanol–water partition coefficient (Wildman–Crippen LogP) is 2.53. The highest BCUT2D eigenvalue weighted by Gasteiger charge is 2.23. The van der Waals surface area contributed by atoms with E-state index < -0.39 is 0 Å². The van der Waals surface area contributed by atoms with Crippen LogP contribution in [-0.4, -0.2) is 63.3 Å². The summed E-state index contributed by atoms with van der Waals surface area (Å²) in [5.41, 5.74) is 3.92. The Morgan fingerprint density at radius 1 is 0.971 bits per heavy atom. The lowest BCUT2D eigenvalue weighted by Crippen LogP contribution is -2.50. The summed E-state index contributed by atoms with van der Waals surface area (Å²) in [5.74, 6) is 1.22. The molecule has 1 aliphatic rings. The fourth-order valence-electron chi connectivity index (χ4n) is 4.39. The van der Waals surface area contributed by atoms with Crippen LogP contribution in [0.1, 0.15) is 11.3 Å². The molecule has 180 valence electrons. The highest BCUT2D eigenvalue weighted by molar-refractivity contribution is 5.76. The number of anilines is 1. The Bertz CT molecular complexity index is 1410. The molecule has 0 unspecified atom stereocenters. The Hall–Kier alpha value is -4.14. The summed E-state index contributed by atoms with van der Waals surface area (Å²) < 4.78 is 7.95. The largest absolute Gasteiger partial charge is 0.497 e. The molecule has 2 aromatic heterocycles. The van der Waals surface area contributed by atoms with Crippen molar-refractivity contribution in [3.05, 3.63) is 76.3 Å². The van der Waals surface area contributed by atoms with Gasteiger partial charge in [0.2, 0.25) is 5.91 Å². The monoisotopic (exact) mass is 472 g/mol. The van der Waals surface area contributed by atoms with E-state index in [-0.39, 0.29) is 18.1 Å². The fourth-order valence-corrected chi connectivity index (χ4v) is 4.39. The lowest BCUT2D eigenvalue weighted by molar-refractivity contribution is -0.132. The molecule has 1 aliphatic heterocycles. The minimum atomic E-state index is -0.367. The lowest BCUT2D eigenvalue weighted by atomic mass is 10.1. The molecular weight excluding hydrogens is 444 g/mol. The average Bonchev–Trinajstić information content (AvgIpc) is 3.18. The summed E-state index contributed by atoms with van der Waals surface area (Å²) in [6, 6.07) is 17.5. The molecule has 9 heteroatoms. The Labute approximate surface area is 203 Å². The normalized spacial score (nSPS) is 13.9. The molecule has 0 N–H and O–H groups in total. The van der Waals surface area contributed by atoms with Crippen LogP contribution in [-0.2, 0) is 11.3 Å². The molecular formula is C26H28N6O3. The predicted molar refractivity (Wildman–Crippen MR) is 134 cm³/mol. The van der Waals surface area contributed by atoms with Gasteiger partial charge in [-0.1, -0.05) is 29.8 Å². The van der Waals surface area contributed by atoms with Gasteiger partial charge in [-0.2, -0.15) is 0 Å². The van der Waals surface area contributed by atoms with Crippen LogP contribution in [0.15, 0.2) is 59.4 Å². The van der Waals surface area contributed by atoms with Crippen LogP contribution < -0.4 is 15.3 Å². The first-order valence-electron chi connectivity index (χ1n) is 11.6. The van der Waals surface area contributed by atoms with Gasteiger partial charge in [-0.25, -0.2) is 18.9 Å². The first-order valence-corrected chi connectivity index (χ1v) is 11.6. The van der Waals surface area contributed by atoms with E-state index in [1.807, 2.05) is 62.4 Å². The van der Waals surface area contributed by atoms with Gasteiger partial charge in [-0.15, -0.1) is 5.10 Å². The molecule has 0 atom stereocenters. The van der Waals surface area contributed by atoms with Crippen LogP contribution in [0.25, 0.3) is 17.0 Å². The number of aryl methyl sites for hydroxylation is 2. The number of fused-ring (bicyclic) bond motifs is 1. The van der Waals surface area contributed by atoms with E-state index in [2.05, 4.69) is 15.0 Å².